The van der Waals surface area contributed by atoms with E-state index in [4.69, 9.17) is 0 Å². The number of nitrogens with zero attached hydrogens (tertiary/aromatic N) is 1. The second kappa shape index (κ2) is 12.5. The number of thiophene rings is 1. The van der Waals surface area contributed by atoms with E-state index in [1.165, 1.54) is 86.9 Å². The van der Waals surface area contributed by atoms with Crippen LogP contribution in [-0.4, -0.2) is 0 Å². The van der Waals surface area contributed by atoms with Gasteiger partial charge in [0, 0.05) is 37.2 Å². The summed E-state index contributed by atoms with van der Waals surface area (Å²) < 4.78 is 2.67. The zero-order valence-corrected chi connectivity index (χ0v) is 31.9. The fourth-order valence-corrected chi connectivity index (χ4v) is 11.1. The first-order valence-corrected chi connectivity index (χ1v) is 20.5. The number of rotatable bonds is 5. The molecule has 1 heterocycles. The fourth-order valence-electron chi connectivity index (χ4n) is 10.0. The third-order valence-electron chi connectivity index (χ3n) is 12.3. The number of hydrogen-bond donors (Lipinski definition) is 0. The molecule has 0 saturated carbocycles. The van der Waals surface area contributed by atoms with E-state index in [1.807, 2.05) is 11.3 Å². The molecule has 10 aromatic rings. The molecule has 0 amide bonds. The lowest BCUT2D eigenvalue weighted by atomic mass is 9.68. The van der Waals surface area contributed by atoms with E-state index >= 15 is 0 Å². The van der Waals surface area contributed by atoms with E-state index in [0.717, 1.165) is 17.1 Å². The standard InChI is InChI=1S/C55H35NS/c1-3-15-36(16-4-1)37-29-31-40(32-30-37)56(39-18-5-2-6-19-39)41-20-13-17-38(35-41)42-24-14-25-44-43-21-7-10-26-47(43)55(54(42)44)48-27-11-8-22-45(48)52-49(55)33-34-51-53(52)46-23-9-12-28-50(46)57-51/h1-35H. The Bertz CT molecular complexity index is 3180. The molecule has 57 heavy (non-hydrogen) atoms. The van der Waals surface area contributed by atoms with Crippen LogP contribution in [0, 0.1) is 0 Å². The first-order valence-electron chi connectivity index (χ1n) is 19.7. The molecule has 12 rings (SSSR count). The number of fused-ring (bicyclic) bond motifs is 14. The van der Waals surface area contributed by atoms with E-state index in [9.17, 15) is 0 Å². The third kappa shape index (κ3) is 4.62. The zero-order valence-electron chi connectivity index (χ0n) is 31.1. The normalized spacial score (nSPS) is 14.7. The van der Waals surface area contributed by atoms with E-state index in [1.54, 1.807) is 0 Å². The molecule has 2 aliphatic carbocycles. The smallest absolute Gasteiger partial charge is 0.0731 e. The molecule has 2 heteroatoms. The summed E-state index contributed by atoms with van der Waals surface area (Å²) >= 11 is 1.90. The van der Waals surface area contributed by atoms with Crippen molar-refractivity contribution in [1.29, 1.82) is 0 Å². The fraction of sp³-hybridized carbons (Fsp3) is 0.0182. The molecule has 266 valence electrons. The summed E-state index contributed by atoms with van der Waals surface area (Å²) in [5.74, 6) is 0. The summed E-state index contributed by atoms with van der Waals surface area (Å²) in [6.07, 6.45) is 0. The Hall–Kier alpha value is -7.00. The molecule has 0 radical (unpaired) electrons. The summed E-state index contributed by atoms with van der Waals surface area (Å²) in [7, 11) is 0. The van der Waals surface area contributed by atoms with Crippen LogP contribution in [-0.2, 0) is 5.41 Å². The second-order valence-corrected chi connectivity index (χ2v) is 16.2. The van der Waals surface area contributed by atoms with Gasteiger partial charge in [-0.1, -0.05) is 164 Å². The first-order chi connectivity index (χ1) is 28.3. The van der Waals surface area contributed by atoms with Crippen LogP contribution in [0.2, 0.25) is 0 Å². The predicted molar refractivity (Wildman–Crippen MR) is 241 cm³/mol. The largest absolute Gasteiger partial charge is 0.310 e. The molecule has 2 aliphatic rings. The van der Waals surface area contributed by atoms with Gasteiger partial charge in [-0.3, -0.25) is 0 Å². The maximum absolute atomic E-state index is 2.45. The van der Waals surface area contributed by atoms with Gasteiger partial charge in [0.25, 0.3) is 0 Å². The molecular formula is C55H35NS. The highest BCUT2D eigenvalue weighted by Gasteiger charge is 2.53. The molecule has 0 aliphatic heterocycles. The van der Waals surface area contributed by atoms with Crippen LogP contribution >= 0.6 is 11.3 Å². The summed E-state index contributed by atoms with van der Waals surface area (Å²) in [4.78, 5) is 2.38. The Kier molecular flexibility index (Phi) is 7.08. The Morgan fingerprint density at radius 1 is 0.351 bits per heavy atom. The minimum atomic E-state index is -0.478. The Morgan fingerprint density at radius 2 is 0.930 bits per heavy atom. The van der Waals surface area contributed by atoms with Crippen molar-refractivity contribution in [2.75, 3.05) is 4.90 Å². The van der Waals surface area contributed by atoms with Gasteiger partial charge in [-0.05, 0) is 115 Å². The lowest BCUT2D eigenvalue weighted by molar-refractivity contribution is 0.796. The molecule has 1 spiro atoms. The van der Waals surface area contributed by atoms with Crippen LogP contribution in [0.25, 0.3) is 64.7 Å². The van der Waals surface area contributed by atoms with Crippen molar-refractivity contribution in [2.24, 2.45) is 0 Å². The van der Waals surface area contributed by atoms with Crippen molar-refractivity contribution in [3.05, 3.63) is 235 Å². The quantitative estimate of drug-likeness (QED) is 0.170. The summed E-state index contributed by atoms with van der Waals surface area (Å²) in [6, 6.07) is 78.5. The number of benzene rings is 9. The number of para-hydroxylation sites is 1. The zero-order chi connectivity index (χ0) is 37.5. The SMILES string of the molecule is c1ccc(-c2ccc(N(c3ccccc3)c3cccc(-c4cccc5c4C4(c6ccccc6-5)c5ccccc5-c5c4ccc4sc6ccccc6c54)c3)cc2)cc1. The highest BCUT2D eigenvalue weighted by molar-refractivity contribution is 7.26. The van der Waals surface area contributed by atoms with Gasteiger partial charge in [-0.15, -0.1) is 11.3 Å². The Balaban J connectivity index is 1.10. The van der Waals surface area contributed by atoms with Gasteiger partial charge >= 0.3 is 0 Å². The Labute approximate surface area is 336 Å². The van der Waals surface area contributed by atoms with E-state index < -0.39 is 5.41 Å². The molecule has 0 saturated heterocycles. The number of hydrogen-bond acceptors (Lipinski definition) is 2. The van der Waals surface area contributed by atoms with Crippen LogP contribution in [0.1, 0.15) is 22.3 Å². The highest BCUT2D eigenvalue weighted by Crippen LogP contribution is 2.66. The molecule has 0 fully saturated rings. The van der Waals surface area contributed by atoms with E-state index in [2.05, 4.69) is 217 Å². The second-order valence-electron chi connectivity index (χ2n) is 15.2. The third-order valence-corrected chi connectivity index (χ3v) is 13.4. The van der Waals surface area contributed by atoms with Crippen molar-refractivity contribution < 1.29 is 0 Å². The monoisotopic (exact) mass is 741 g/mol. The predicted octanol–water partition coefficient (Wildman–Crippen LogP) is 15.2. The maximum atomic E-state index is 2.45. The molecule has 1 unspecified atom stereocenters. The van der Waals surface area contributed by atoms with Crippen molar-refractivity contribution >= 4 is 48.6 Å². The van der Waals surface area contributed by atoms with Crippen LogP contribution in [0.4, 0.5) is 17.1 Å². The molecule has 9 aromatic carbocycles. The lowest BCUT2D eigenvalue weighted by Gasteiger charge is -2.32. The van der Waals surface area contributed by atoms with Crippen molar-refractivity contribution in [3.8, 4) is 44.5 Å². The van der Waals surface area contributed by atoms with Gasteiger partial charge in [0.15, 0.2) is 0 Å². The van der Waals surface area contributed by atoms with E-state index in [-0.39, 0.29) is 0 Å². The molecule has 1 nitrogen and oxygen atoms in total. The summed E-state index contributed by atoms with van der Waals surface area (Å²) in [6.45, 7) is 0. The minimum Gasteiger partial charge on any atom is -0.310 e. The van der Waals surface area contributed by atoms with Crippen LogP contribution in [0.15, 0.2) is 212 Å². The van der Waals surface area contributed by atoms with Crippen molar-refractivity contribution in [1.82, 2.24) is 0 Å². The molecule has 1 atom stereocenters. The average Bonchev–Trinajstić information content (AvgIpc) is 3.91. The maximum Gasteiger partial charge on any atom is 0.0731 e. The summed E-state index contributed by atoms with van der Waals surface area (Å²) in [5, 5.41) is 2.71. The van der Waals surface area contributed by atoms with Gasteiger partial charge in [0.05, 0.1) is 5.41 Å². The first kappa shape index (κ1) is 32.3. The van der Waals surface area contributed by atoms with Gasteiger partial charge < -0.3 is 4.90 Å². The van der Waals surface area contributed by atoms with Gasteiger partial charge in [0.2, 0.25) is 0 Å². The molecule has 1 aromatic heterocycles. The topological polar surface area (TPSA) is 3.24 Å². The summed E-state index contributed by atoms with van der Waals surface area (Å²) in [5.41, 5.74) is 18.6. The van der Waals surface area contributed by atoms with Gasteiger partial charge in [-0.25, -0.2) is 0 Å². The number of anilines is 3. The molecule has 0 bridgehead atoms. The lowest BCUT2D eigenvalue weighted by Crippen LogP contribution is -2.26. The van der Waals surface area contributed by atoms with Crippen LogP contribution < -0.4 is 4.90 Å². The van der Waals surface area contributed by atoms with Crippen LogP contribution in [0.3, 0.4) is 0 Å². The van der Waals surface area contributed by atoms with Crippen molar-refractivity contribution in [2.45, 2.75) is 5.41 Å². The van der Waals surface area contributed by atoms with Crippen molar-refractivity contribution in [3.63, 3.8) is 0 Å². The highest BCUT2D eigenvalue weighted by atomic mass is 32.1. The van der Waals surface area contributed by atoms with Crippen LogP contribution in [0.5, 0.6) is 0 Å². The molecule has 0 N–H and O–H groups in total. The molecular weight excluding hydrogens is 707 g/mol. The Morgan fingerprint density at radius 3 is 1.75 bits per heavy atom. The minimum absolute atomic E-state index is 0.478. The van der Waals surface area contributed by atoms with Gasteiger partial charge in [0.1, 0.15) is 0 Å². The average molecular weight is 742 g/mol. The van der Waals surface area contributed by atoms with Gasteiger partial charge in [-0.2, -0.15) is 0 Å². The van der Waals surface area contributed by atoms with E-state index in [0.29, 0.717) is 0 Å².